The van der Waals surface area contributed by atoms with Crippen molar-refractivity contribution in [3.05, 3.63) is 34.1 Å². The predicted octanol–water partition coefficient (Wildman–Crippen LogP) is 3.85. The summed E-state index contributed by atoms with van der Waals surface area (Å²) in [6.07, 6.45) is 2.07. The van der Waals surface area contributed by atoms with Gasteiger partial charge in [-0.1, -0.05) is 19.9 Å². The zero-order valence-electron chi connectivity index (χ0n) is 10.6. The first-order valence-electron chi connectivity index (χ1n) is 6.25. The van der Waals surface area contributed by atoms with Crippen LogP contribution < -0.4 is 0 Å². The van der Waals surface area contributed by atoms with E-state index in [1.54, 1.807) is 18.2 Å². The number of amides is 1. The van der Waals surface area contributed by atoms with Gasteiger partial charge >= 0.3 is 0 Å². The van der Waals surface area contributed by atoms with Crippen molar-refractivity contribution in [3.63, 3.8) is 0 Å². The molecule has 0 aromatic heterocycles. The second-order valence-electron chi connectivity index (χ2n) is 5.18. The average molecular weight is 314 g/mol. The first-order chi connectivity index (χ1) is 8.50. The van der Waals surface area contributed by atoms with Crippen LogP contribution in [-0.4, -0.2) is 23.4 Å². The Morgan fingerprint density at radius 2 is 2.17 bits per heavy atom. The van der Waals surface area contributed by atoms with Crippen molar-refractivity contribution < 1.29 is 9.18 Å². The molecule has 98 valence electrons. The molecule has 2 rings (SSSR count). The summed E-state index contributed by atoms with van der Waals surface area (Å²) in [7, 11) is 0. The summed E-state index contributed by atoms with van der Waals surface area (Å²) in [5.41, 5.74) is 0.164. The Bertz CT molecular complexity index is 457. The molecule has 0 bridgehead atoms. The maximum Gasteiger partial charge on any atom is 0.257 e. The van der Waals surface area contributed by atoms with Crippen molar-refractivity contribution in [1.29, 1.82) is 0 Å². The van der Waals surface area contributed by atoms with Gasteiger partial charge in [-0.25, -0.2) is 4.39 Å². The number of rotatable bonds is 4. The quantitative estimate of drug-likeness (QED) is 0.827. The summed E-state index contributed by atoms with van der Waals surface area (Å²) in [6, 6.07) is 5.16. The van der Waals surface area contributed by atoms with Gasteiger partial charge in [0.1, 0.15) is 5.82 Å². The highest BCUT2D eigenvalue weighted by molar-refractivity contribution is 9.10. The Hall–Kier alpha value is -0.900. The van der Waals surface area contributed by atoms with Crippen LogP contribution in [0, 0.1) is 11.7 Å². The predicted molar refractivity (Wildman–Crippen MR) is 73.0 cm³/mol. The molecule has 1 amide bonds. The molecule has 0 saturated heterocycles. The molecule has 0 unspecified atom stereocenters. The van der Waals surface area contributed by atoms with Crippen LogP contribution in [0.4, 0.5) is 4.39 Å². The number of benzene rings is 1. The van der Waals surface area contributed by atoms with Gasteiger partial charge in [-0.05, 0) is 46.8 Å². The fraction of sp³-hybridized carbons (Fsp3) is 0.500. The molecule has 1 aliphatic rings. The van der Waals surface area contributed by atoms with Crippen LogP contribution >= 0.6 is 15.9 Å². The minimum absolute atomic E-state index is 0.164. The Morgan fingerprint density at radius 1 is 1.50 bits per heavy atom. The van der Waals surface area contributed by atoms with Gasteiger partial charge in [0.05, 0.1) is 10.0 Å². The van der Waals surface area contributed by atoms with Crippen molar-refractivity contribution in [2.24, 2.45) is 5.92 Å². The minimum Gasteiger partial charge on any atom is -0.335 e. The third-order valence-electron chi connectivity index (χ3n) is 2.99. The molecular formula is C14H17BrFNO. The van der Waals surface area contributed by atoms with E-state index in [-0.39, 0.29) is 11.5 Å². The van der Waals surface area contributed by atoms with E-state index < -0.39 is 5.82 Å². The zero-order chi connectivity index (χ0) is 13.3. The fourth-order valence-electron chi connectivity index (χ4n) is 2.00. The lowest BCUT2D eigenvalue weighted by molar-refractivity contribution is 0.0717. The highest BCUT2D eigenvalue weighted by Crippen LogP contribution is 2.30. The molecule has 1 fully saturated rings. The fourth-order valence-corrected chi connectivity index (χ4v) is 2.37. The summed E-state index contributed by atoms with van der Waals surface area (Å²) < 4.78 is 14.3. The molecule has 0 heterocycles. The van der Waals surface area contributed by atoms with Crippen LogP contribution in [0.15, 0.2) is 22.7 Å². The van der Waals surface area contributed by atoms with E-state index in [1.165, 1.54) is 0 Å². The number of hydrogen-bond donors (Lipinski definition) is 0. The summed E-state index contributed by atoms with van der Waals surface area (Å²) in [4.78, 5) is 14.2. The van der Waals surface area contributed by atoms with Crippen LogP contribution in [-0.2, 0) is 0 Å². The molecule has 0 N–H and O–H groups in total. The maximum absolute atomic E-state index is 13.9. The molecule has 1 aromatic rings. The van der Waals surface area contributed by atoms with E-state index in [0.717, 1.165) is 12.8 Å². The molecule has 4 heteroatoms. The highest BCUT2D eigenvalue weighted by atomic mass is 79.9. The van der Waals surface area contributed by atoms with E-state index in [9.17, 15) is 9.18 Å². The summed E-state index contributed by atoms with van der Waals surface area (Å²) in [5, 5.41) is 0. The van der Waals surface area contributed by atoms with Gasteiger partial charge in [0, 0.05) is 12.6 Å². The van der Waals surface area contributed by atoms with Gasteiger partial charge in [-0.2, -0.15) is 0 Å². The van der Waals surface area contributed by atoms with Crippen molar-refractivity contribution in [1.82, 2.24) is 4.90 Å². The van der Waals surface area contributed by atoms with Gasteiger partial charge < -0.3 is 4.90 Å². The van der Waals surface area contributed by atoms with E-state index >= 15 is 0 Å². The molecule has 0 aliphatic heterocycles. The number of nitrogens with zero attached hydrogens (tertiary/aromatic N) is 1. The summed E-state index contributed by atoms with van der Waals surface area (Å²) in [5.74, 6) is -0.258. The van der Waals surface area contributed by atoms with Crippen molar-refractivity contribution >= 4 is 21.8 Å². The van der Waals surface area contributed by atoms with Gasteiger partial charge in [0.2, 0.25) is 0 Å². The standard InChI is InChI=1S/C14H17BrFNO/c1-9(2)8-17(10-6-7-10)14(18)11-4-3-5-12(15)13(11)16/h3-5,9-10H,6-8H2,1-2H3. The Labute approximate surface area is 115 Å². The Morgan fingerprint density at radius 3 is 2.72 bits per heavy atom. The summed E-state index contributed by atoms with van der Waals surface area (Å²) in [6.45, 7) is 4.83. The number of carbonyl (C=O) groups is 1. The van der Waals surface area contributed by atoms with E-state index in [2.05, 4.69) is 29.8 Å². The van der Waals surface area contributed by atoms with Gasteiger partial charge in [-0.15, -0.1) is 0 Å². The first-order valence-corrected chi connectivity index (χ1v) is 7.05. The third-order valence-corrected chi connectivity index (χ3v) is 3.60. The second-order valence-corrected chi connectivity index (χ2v) is 6.04. The third kappa shape index (κ3) is 2.91. The average Bonchev–Trinajstić information content (AvgIpc) is 3.12. The van der Waals surface area contributed by atoms with Crippen molar-refractivity contribution in [2.45, 2.75) is 32.7 Å². The Balaban J connectivity index is 2.25. The van der Waals surface area contributed by atoms with E-state index in [4.69, 9.17) is 0 Å². The number of carbonyl (C=O) groups excluding carboxylic acids is 1. The van der Waals surface area contributed by atoms with Crippen LogP contribution in [0.5, 0.6) is 0 Å². The second kappa shape index (κ2) is 5.39. The highest BCUT2D eigenvalue weighted by Gasteiger charge is 2.34. The van der Waals surface area contributed by atoms with Gasteiger partial charge in [0.25, 0.3) is 5.91 Å². The molecular weight excluding hydrogens is 297 g/mol. The normalized spacial score (nSPS) is 14.9. The molecule has 0 spiro atoms. The lowest BCUT2D eigenvalue weighted by Crippen LogP contribution is -2.36. The van der Waals surface area contributed by atoms with Gasteiger partial charge in [-0.3, -0.25) is 4.79 Å². The van der Waals surface area contributed by atoms with Crippen molar-refractivity contribution in [3.8, 4) is 0 Å². The SMILES string of the molecule is CC(C)CN(C(=O)c1cccc(Br)c1F)C1CC1. The molecule has 0 atom stereocenters. The molecule has 1 aromatic carbocycles. The number of halogens is 2. The smallest absolute Gasteiger partial charge is 0.257 e. The van der Waals surface area contributed by atoms with Crippen LogP contribution in [0.3, 0.4) is 0 Å². The lowest BCUT2D eigenvalue weighted by atomic mass is 10.1. The molecule has 0 radical (unpaired) electrons. The lowest BCUT2D eigenvalue weighted by Gasteiger charge is -2.24. The molecule has 1 aliphatic carbocycles. The first kappa shape index (κ1) is 13.5. The minimum atomic E-state index is -0.461. The molecule has 2 nitrogen and oxygen atoms in total. The van der Waals surface area contributed by atoms with Crippen LogP contribution in [0.25, 0.3) is 0 Å². The molecule has 1 saturated carbocycles. The van der Waals surface area contributed by atoms with E-state index in [0.29, 0.717) is 23.0 Å². The zero-order valence-corrected chi connectivity index (χ0v) is 12.2. The van der Waals surface area contributed by atoms with Crippen LogP contribution in [0.2, 0.25) is 0 Å². The summed E-state index contributed by atoms with van der Waals surface area (Å²) >= 11 is 3.12. The van der Waals surface area contributed by atoms with E-state index in [1.807, 2.05) is 4.90 Å². The van der Waals surface area contributed by atoms with Crippen LogP contribution in [0.1, 0.15) is 37.0 Å². The Kier molecular flexibility index (Phi) is 4.05. The van der Waals surface area contributed by atoms with Crippen molar-refractivity contribution in [2.75, 3.05) is 6.54 Å². The largest absolute Gasteiger partial charge is 0.335 e. The number of hydrogen-bond acceptors (Lipinski definition) is 1. The topological polar surface area (TPSA) is 20.3 Å². The molecule has 18 heavy (non-hydrogen) atoms. The van der Waals surface area contributed by atoms with Gasteiger partial charge in [0.15, 0.2) is 0 Å². The maximum atomic E-state index is 13.9. The monoisotopic (exact) mass is 313 g/mol.